The van der Waals surface area contributed by atoms with Crippen LogP contribution in [-0.4, -0.2) is 4.98 Å². The number of nitrogens with two attached hydrogens (primary N) is 1. The largest absolute Gasteiger partial charge is 0.324 e. The van der Waals surface area contributed by atoms with Crippen molar-refractivity contribution in [1.29, 1.82) is 0 Å². The van der Waals surface area contributed by atoms with Gasteiger partial charge in [-0.05, 0) is 41.1 Å². The maximum atomic E-state index is 6.41. The molecule has 0 bridgehead atoms. The van der Waals surface area contributed by atoms with Gasteiger partial charge in [0, 0.05) is 28.3 Å². The van der Waals surface area contributed by atoms with Crippen LogP contribution in [0.25, 0.3) is 10.8 Å². The topological polar surface area (TPSA) is 38.9 Å². The van der Waals surface area contributed by atoms with E-state index in [1.807, 2.05) is 36.7 Å². The number of benzene rings is 2. The minimum absolute atomic E-state index is 0.0181. The Labute approximate surface area is 126 Å². The van der Waals surface area contributed by atoms with Gasteiger partial charge in [-0.15, -0.1) is 0 Å². The quantitative estimate of drug-likeness (QED) is 0.781. The van der Waals surface area contributed by atoms with Crippen LogP contribution in [0.3, 0.4) is 0 Å². The van der Waals surface area contributed by atoms with E-state index in [2.05, 4.69) is 45.2 Å². The van der Waals surface area contributed by atoms with Gasteiger partial charge in [0.25, 0.3) is 0 Å². The van der Waals surface area contributed by atoms with E-state index in [9.17, 15) is 0 Å². The van der Waals surface area contributed by atoms with Gasteiger partial charge in [0.2, 0.25) is 0 Å². The van der Waals surface area contributed by atoms with E-state index >= 15 is 0 Å². The summed E-state index contributed by atoms with van der Waals surface area (Å²) in [5.74, 6) is 0. The van der Waals surface area contributed by atoms with Crippen LogP contribution in [0.15, 0.2) is 65.4 Å². The van der Waals surface area contributed by atoms with Crippen molar-refractivity contribution in [3.63, 3.8) is 0 Å². The average molecular weight is 327 g/mol. The lowest BCUT2D eigenvalue weighted by Crippen LogP contribution is -2.13. The van der Waals surface area contributed by atoms with Gasteiger partial charge in [-0.1, -0.05) is 46.3 Å². The fourth-order valence-electron chi connectivity index (χ4n) is 2.50. The molecule has 2 aromatic carbocycles. The van der Waals surface area contributed by atoms with Crippen LogP contribution < -0.4 is 5.73 Å². The van der Waals surface area contributed by atoms with E-state index in [-0.39, 0.29) is 6.04 Å². The van der Waals surface area contributed by atoms with E-state index in [0.29, 0.717) is 0 Å². The van der Waals surface area contributed by atoms with Gasteiger partial charge in [-0.3, -0.25) is 4.98 Å². The van der Waals surface area contributed by atoms with Crippen molar-refractivity contribution < 1.29 is 0 Å². The third kappa shape index (κ3) is 2.74. The van der Waals surface area contributed by atoms with Crippen LogP contribution in [0.2, 0.25) is 0 Å². The van der Waals surface area contributed by atoms with Gasteiger partial charge in [0.1, 0.15) is 0 Å². The summed E-state index contributed by atoms with van der Waals surface area (Å²) in [5, 5.41) is 2.32. The average Bonchev–Trinajstić information content (AvgIpc) is 2.46. The van der Waals surface area contributed by atoms with Crippen LogP contribution in [0.1, 0.15) is 17.2 Å². The highest BCUT2D eigenvalue weighted by Crippen LogP contribution is 2.25. The molecule has 0 spiro atoms. The lowest BCUT2D eigenvalue weighted by atomic mass is 9.95. The molecule has 2 N–H and O–H groups in total. The van der Waals surface area contributed by atoms with Crippen molar-refractivity contribution in [2.45, 2.75) is 12.5 Å². The van der Waals surface area contributed by atoms with Crippen LogP contribution in [-0.2, 0) is 6.42 Å². The third-order valence-corrected chi connectivity index (χ3v) is 3.95. The fraction of sp³-hybridized carbons (Fsp3) is 0.118. The Bertz CT molecular complexity index is 734. The number of nitrogens with zero attached hydrogens (tertiary/aromatic N) is 1. The van der Waals surface area contributed by atoms with Crippen LogP contribution >= 0.6 is 15.9 Å². The van der Waals surface area contributed by atoms with Crippen LogP contribution in [0.4, 0.5) is 0 Å². The van der Waals surface area contributed by atoms with Gasteiger partial charge < -0.3 is 5.73 Å². The molecule has 20 heavy (non-hydrogen) atoms. The first-order valence-corrected chi connectivity index (χ1v) is 7.36. The molecule has 3 aromatic rings. The second-order valence-corrected chi connectivity index (χ2v) is 5.80. The SMILES string of the molecule is NC(Cc1cccc(Br)c1)c1cccc2cnccc12. The summed E-state index contributed by atoms with van der Waals surface area (Å²) >= 11 is 3.50. The van der Waals surface area contributed by atoms with Crippen LogP contribution in [0, 0.1) is 0 Å². The molecule has 0 amide bonds. The Morgan fingerprint density at radius 3 is 2.80 bits per heavy atom. The molecule has 1 heterocycles. The standard InChI is InChI=1S/C17H15BrN2/c18-14-5-1-3-12(9-14)10-17(19)16-6-2-4-13-11-20-8-7-15(13)16/h1-9,11,17H,10,19H2. The molecule has 0 aliphatic rings. The first kappa shape index (κ1) is 13.3. The van der Waals surface area contributed by atoms with E-state index in [1.165, 1.54) is 16.5 Å². The third-order valence-electron chi connectivity index (χ3n) is 3.46. The monoisotopic (exact) mass is 326 g/mol. The summed E-state index contributed by atoms with van der Waals surface area (Å²) in [6.45, 7) is 0. The van der Waals surface area contributed by atoms with Gasteiger partial charge in [-0.25, -0.2) is 0 Å². The summed E-state index contributed by atoms with van der Waals surface area (Å²) in [6, 6.07) is 16.5. The van der Waals surface area contributed by atoms with Crippen molar-refractivity contribution in [1.82, 2.24) is 4.98 Å². The molecule has 0 saturated heterocycles. The van der Waals surface area contributed by atoms with Gasteiger partial charge in [0.05, 0.1) is 0 Å². The number of fused-ring (bicyclic) bond motifs is 1. The van der Waals surface area contributed by atoms with Crippen molar-refractivity contribution >= 4 is 26.7 Å². The summed E-state index contributed by atoms with van der Waals surface area (Å²) in [4.78, 5) is 4.16. The molecule has 2 nitrogen and oxygen atoms in total. The fourth-order valence-corrected chi connectivity index (χ4v) is 2.95. The first-order chi connectivity index (χ1) is 9.74. The van der Waals surface area contributed by atoms with Crippen molar-refractivity contribution in [2.75, 3.05) is 0 Å². The van der Waals surface area contributed by atoms with Gasteiger partial charge in [0.15, 0.2) is 0 Å². The van der Waals surface area contributed by atoms with Crippen LogP contribution in [0.5, 0.6) is 0 Å². The molecule has 1 aromatic heterocycles. The highest BCUT2D eigenvalue weighted by molar-refractivity contribution is 9.10. The number of hydrogen-bond acceptors (Lipinski definition) is 2. The normalized spacial score (nSPS) is 12.5. The molecule has 1 atom stereocenters. The lowest BCUT2D eigenvalue weighted by Gasteiger charge is -2.15. The lowest BCUT2D eigenvalue weighted by molar-refractivity contribution is 0.728. The minimum atomic E-state index is -0.0181. The molecule has 1 unspecified atom stereocenters. The number of rotatable bonds is 3. The molecule has 0 aliphatic heterocycles. The van der Waals surface area contributed by atoms with E-state index in [0.717, 1.165) is 16.3 Å². The maximum absolute atomic E-state index is 6.41. The zero-order valence-corrected chi connectivity index (χ0v) is 12.5. The van der Waals surface area contributed by atoms with Crippen molar-refractivity contribution in [3.05, 3.63) is 76.5 Å². The molecule has 3 heteroatoms. The summed E-state index contributed by atoms with van der Waals surface area (Å²) < 4.78 is 1.09. The first-order valence-electron chi connectivity index (χ1n) is 6.57. The number of aromatic nitrogens is 1. The number of pyridine rings is 1. The molecule has 0 fully saturated rings. The van der Waals surface area contributed by atoms with Crippen molar-refractivity contribution in [2.24, 2.45) is 5.73 Å². The Morgan fingerprint density at radius 2 is 1.95 bits per heavy atom. The highest BCUT2D eigenvalue weighted by atomic mass is 79.9. The number of halogens is 1. The predicted octanol–water partition coefficient (Wildman–Crippen LogP) is 4.24. The Kier molecular flexibility index (Phi) is 3.81. The summed E-state index contributed by atoms with van der Waals surface area (Å²) in [6.07, 6.45) is 4.52. The Balaban J connectivity index is 1.94. The molecule has 100 valence electrons. The molecule has 0 saturated carbocycles. The molecular weight excluding hydrogens is 312 g/mol. The second kappa shape index (κ2) is 5.73. The summed E-state index contributed by atoms with van der Waals surface area (Å²) in [5.41, 5.74) is 8.81. The van der Waals surface area contributed by atoms with Gasteiger partial charge >= 0.3 is 0 Å². The zero-order chi connectivity index (χ0) is 13.9. The summed E-state index contributed by atoms with van der Waals surface area (Å²) in [7, 11) is 0. The molecule has 0 radical (unpaired) electrons. The molecule has 0 aliphatic carbocycles. The minimum Gasteiger partial charge on any atom is -0.324 e. The number of hydrogen-bond donors (Lipinski definition) is 1. The Hall–Kier alpha value is -1.71. The predicted molar refractivity (Wildman–Crippen MR) is 86.5 cm³/mol. The smallest absolute Gasteiger partial charge is 0.0346 e. The second-order valence-electron chi connectivity index (χ2n) is 4.88. The zero-order valence-electron chi connectivity index (χ0n) is 11.0. The molecule has 3 rings (SSSR count). The van der Waals surface area contributed by atoms with Crippen molar-refractivity contribution in [3.8, 4) is 0 Å². The van der Waals surface area contributed by atoms with E-state index < -0.39 is 0 Å². The van der Waals surface area contributed by atoms with E-state index in [1.54, 1.807) is 0 Å². The maximum Gasteiger partial charge on any atom is 0.0346 e. The van der Waals surface area contributed by atoms with E-state index in [4.69, 9.17) is 5.73 Å². The Morgan fingerprint density at radius 1 is 1.10 bits per heavy atom. The van der Waals surface area contributed by atoms with Gasteiger partial charge in [-0.2, -0.15) is 0 Å². The highest BCUT2D eigenvalue weighted by Gasteiger charge is 2.10. The molecular formula is C17H15BrN2.